The molecule has 0 amide bonds. The minimum Gasteiger partial charge on any atom is -0.385 e. The van der Waals surface area contributed by atoms with Gasteiger partial charge in [-0.1, -0.05) is 50.6 Å². The van der Waals surface area contributed by atoms with Crippen LogP contribution in [0, 0.1) is 5.92 Å². The van der Waals surface area contributed by atoms with Crippen LogP contribution in [-0.2, 0) is 5.60 Å². The maximum atomic E-state index is 10.7. The molecule has 2 atom stereocenters. The molecule has 0 spiro atoms. The fourth-order valence-corrected chi connectivity index (χ4v) is 2.17. The van der Waals surface area contributed by atoms with Crippen LogP contribution in [0.1, 0.15) is 32.3 Å². The molecule has 0 heterocycles. The van der Waals surface area contributed by atoms with Crippen molar-refractivity contribution in [3.63, 3.8) is 0 Å². The second-order valence-corrected chi connectivity index (χ2v) is 4.42. The first-order valence-corrected chi connectivity index (χ1v) is 6.02. The van der Waals surface area contributed by atoms with Crippen molar-refractivity contribution in [2.45, 2.75) is 32.3 Å². The Balaban J connectivity index is 3.01. The smallest absolute Gasteiger partial charge is 0.0933 e. The van der Waals surface area contributed by atoms with Crippen molar-refractivity contribution in [2.24, 2.45) is 5.92 Å². The maximum Gasteiger partial charge on any atom is 0.0933 e. The number of hydrogen-bond donors (Lipinski definition) is 1. The van der Waals surface area contributed by atoms with Crippen LogP contribution in [0.5, 0.6) is 0 Å². The van der Waals surface area contributed by atoms with E-state index in [2.05, 4.69) is 13.8 Å². The first-order chi connectivity index (χ1) is 7.15. The molecule has 1 aromatic carbocycles. The predicted octanol–water partition coefficient (Wildman–Crippen LogP) is 3.55. The van der Waals surface area contributed by atoms with E-state index in [1.165, 1.54) is 0 Å². The van der Waals surface area contributed by atoms with Gasteiger partial charge >= 0.3 is 0 Å². The van der Waals surface area contributed by atoms with E-state index in [9.17, 15) is 5.11 Å². The van der Waals surface area contributed by atoms with Gasteiger partial charge in [-0.25, -0.2) is 0 Å². The first-order valence-electron chi connectivity index (χ1n) is 5.49. The third-order valence-electron chi connectivity index (χ3n) is 3.18. The van der Waals surface area contributed by atoms with Gasteiger partial charge in [0, 0.05) is 5.88 Å². The van der Waals surface area contributed by atoms with E-state index < -0.39 is 5.60 Å². The molecule has 0 radical (unpaired) electrons. The quantitative estimate of drug-likeness (QED) is 0.762. The molecular formula is C13H19ClO. The van der Waals surface area contributed by atoms with E-state index in [0.29, 0.717) is 12.3 Å². The lowest BCUT2D eigenvalue weighted by Gasteiger charge is -2.34. The van der Waals surface area contributed by atoms with Gasteiger partial charge in [0.05, 0.1) is 5.60 Å². The normalized spacial score (nSPS) is 17.1. The summed E-state index contributed by atoms with van der Waals surface area (Å²) in [6.45, 7) is 4.16. The Hall–Kier alpha value is -0.530. The molecule has 1 nitrogen and oxygen atoms in total. The third kappa shape index (κ3) is 2.73. The lowest BCUT2D eigenvalue weighted by atomic mass is 9.79. The minimum atomic E-state index is -0.780. The summed E-state index contributed by atoms with van der Waals surface area (Å²) in [5.74, 6) is 0.703. The van der Waals surface area contributed by atoms with Crippen molar-refractivity contribution >= 4 is 11.6 Å². The first kappa shape index (κ1) is 12.5. The number of halogens is 1. The van der Waals surface area contributed by atoms with Gasteiger partial charge in [-0.05, 0) is 17.9 Å². The Bertz CT molecular complexity index is 286. The van der Waals surface area contributed by atoms with Crippen LogP contribution in [0.3, 0.4) is 0 Å². The maximum absolute atomic E-state index is 10.7. The third-order valence-corrected chi connectivity index (χ3v) is 3.37. The lowest BCUT2D eigenvalue weighted by Crippen LogP contribution is -2.33. The van der Waals surface area contributed by atoms with Gasteiger partial charge in [-0.3, -0.25) is 0 Å². The summed E-state index contributed by atoms with van der Waals surface area (Å²) in [5.41, 5.74) is 0.192. The second kappa shape index (κ2) is 5.53. The summed E-state index contributed by atoms with van der Waals surface area (Å²) in [4.78, 5) is 0. The van der Waals surface area contributed by atoms with Crippen LogP contribution in [0.4, 0.5) is 0 Å². The van der Waals surface area contributed by atoms with Crippen molar-refractivity contribution in [3.05, 3.63) is 35.9 Å². The van der Waals surface area contributed by atoms with Gasteiger partial charge in [0.25, 0.3) is 0 Å². The average molecular weight is 227 g/mol. The molecule has 0 aliphatic heterocycles. The van der Waals surface area contributed by atoms with Gasteiger partial charge in [0.2, 0.25) is 0 Å². The summed E-state index contributed by atoms with van der Waals surface area (Å²) < 4.78 is 0. The minimum absolute atomic E-state index is 0.221. The molecule has 0 saturated heterocycles. The van der Waals surface area contributed by atoms with Crippen LogP contribution < -0.4 is 0 Å². The molecule has 1 N–H and O–H groups in total. The Kier molecular flexibility index (Phi) is 4.62. The highest BCUT2D eigenvalue weighted by Crippen LogP contribution is 2.35. The van der Waals surface area contributed by atoms with E-state index >= 15 is 0 Å². The largest absolute Gasteiger partial charge is 0.385 e. The molecule has 1 aromatic rings. The van der Waals surface area contributed by atoms with Crippen molar-refractivity contribution in [3.8, 4) is 0 Å². The molecule has 2 heteroatoms. The number of hydrogen-bond acceptors (Lipinski definition) is 1. The number of alkyl halides is 1. The highest BCUT2D eigenvalue weighted by atomic mass is 35.5. The van der Waals surface area contributed by atoms with Crippen molar-refractivity contribution in [1.29, 1.82) is 0 Å². The molecule has 2 unspecified atom stereocenters. The van der Waals surface area contributed by atoms with Crippen LogP contribution in [0.25, 0.3) is 0 Å². The SMILES string of the molecule is CCC(C)C(O)(CCCl)c1ccccc1. The van der Waals surface area contributed by atoms with E-state index in [0.717, 1.165) is 12.0 Å². The fraction of sp³-hybridized carbons (Fsp3) is 0.538. The Morgan fingerprint density at radius 3 is 2.40 bits per heavy atom. The summed E-state index contributed by atoms with van der Waals surface area (Å²) >= 11 is 5.78. The van der Waals surface area contributed by atoms with Crippen molar-refractivity contribution < 1.29 is 5.11 Å². The van der Waals surface area contributed by atoms with E-state index in [1.807, 2.05) is 30.3 Å². The Labute approximate surface area is 97.1 Å². The predicted molar refractivity (Wildman–Crippen MR) is 65.1 cm³/mol. The zero-order chi connectivity index (χ0) is 11.3. The molecule has 84 valence electrons. The van der Waals surface area contributed by atoms with Gasteiger partial charge < -0.3 is 5.11 Å². The molecule has 0 aromatic heterocycles. The monoisotopic (exact) mass is 226 g/mol. The van der Waals surface area contributed by atoms with E-state index in [1.54, 1.807) is 0 Å². The summed E-state index contributed by atoms with van der Waals surface area (Å²) in [6.07, 6.45) is 1.55. The molecular weight excluding hydrogens is 208 g/mol. The highest BCUT2D eigenvalue weighted by molar-refractivity contribution is 6.17. The zero-order valence-electron chi connectivity index (χ0n) is 9.41. The molecule has 1 rings (SSSR count). The molecule has 0 bridgehead atoms. The Morgan fingerprint density at radius 1 is 1.33 bits per heavy atom. The van der Waals surface area contributed by atoms with Crippen LogP contribution in [-0.4, -0.2) is 11.0 Å². The molecule has 0 aliphatic rings. The zero-order valence-corrected chi connectivity index (χ0v) is 10.2. The number of rotatable bonds is 5. The average Bonchev–Trinajstić information content (AvgIpc) is 2.29. The van der Waals surface area contributed by atoms with Crippen molar-refractivity contribution in [1.82, 2.24) is 0 Å². The standard InChI is InChI=1S/C13H19ClO/c1-3-11(2)13(15,9-10-14)12-7-5-4-6-8-12/h4-8,11,15H,3,9-10H2,1-2H3. The topological polar surface area (TPSA) is 20.2 Å². The Morgan fingerprint density at radius 2 is 1.93 bits per heavy atom. The number of benzene rings is 1. The van der Waals surface area contributed by atoms with Crippen molar-refractivity contribution in [2.75, 3.05) is 5.88 Å². The molecule has 0 fully saturated rings. The summed E-state index contributed by atoms with van der Waals surface area (Å²) in [6, 6.07) is 9.81. The summed E-state index contributed by atoms with van der Waals surface area (Å²) in [7, 11) is 0. The highest BCUT2D eigenvalue weighted by Gasteiger charge is 2.33. The molecule has 15 heavy (non-hydrogen) atoms. The van der Waals surface area contributed by atoms with Crippen LogP contribution in [0.15, 0.2) is 30.3 Å². The second-order valence-electron chi connectivity index (χ2n) is 4.04. The van der Waals surface area contributed by atoms with E-state index in [-0.39, 0.29) is 5.92 Å². The van der Waals surface area contributed by atoms with Crippen LogP contribution >= 0.6 is 11.6 Å². The van der Waals surface area contributed by atoms with E-state index in [4.69, 9.17) is 11.6 Å². The molecule has 0 saturated carbocycles. The van der Waals surface area contributed by atoms with Crippen LogP contribution in [0.2, 0.25) is 0 Å². The van der Waals surface area contributed by atoms with Gasteiger partial charge in [0.15, 0.2) is 0 Å². The van der Waals surface area contributed by atoms with Gasteiger partial charge in [0.1, 0.15) is 0 Å². The fourth-order valence-electron chi connectivity index (χ4n) is 1.88. The van der Waals surface area contributed by atoms with Gasteiger partial charge in [-0.2, -0.15) is 0 Å². The summed E-state index contributed by atoms with van der Waals surface area (Å²) in [5, 5.41) is 10.7. The number of aliphatic hydroxyl groups is 1. The molecule has 0 aliphatic carbocycles. The van der Waals surface area contributed by atoms with Gasteiger partial charge in [-0.15, -0.1) is 11.6 Å². The lowest BCUT2D eigenvalue weighted by molar-refractivity contribution is -0.0216.